The Morgan fingerprint density at radius 3 is 2.47 bits per heavy atom. The van der Waals surface area contributed by atoms with Gasteiger partial charge >= 0.3 is 5.97 Å². The van der Waals surface area contributed by atoms with Gasteiger partial charge in [-0.2, -0.15) is 0 Å². The molecule has 0 heterocycles. The predicted octanol–water partition coefficient (Wildman–Crippen LogP) is 1.71. The zero-order valence-corrected chi connectivity index (χ0v) is 11.5. The number of amides is 1. The minimum atomic E-state index is -0.819. The average molecular weight is 269 g/mol. The summed E-state index contributed by atoms with van der Waals surface area (Å²) in [6.07, 6.45) is 5.15. The van der Waals surface area contributed by atoms with Crippen LogP contribution in [0.1, 0.15) is 51.9 Å². The van der Waals surface area contributed by atoms with Crippen molar-refractivity contribution in [1.29, 1.82) is 0 Å². The van der Waals surface area contributed by atoms with Crippen molar-refractivity contribution in [2.75, 3.05) is 6.61 Å². The van der Waals surface area contributed by atoms with Crippen LogP contribution in [0.15, 0.2) is 0 Å². The minimum absolute atomic E-state index is 0.121. The summed E-state index contributed by atoms with van der Waals surface area (Å²) in [6, 6.07) is 0.163. The molecular formula is C14H23NO4. The predicted molar refractivity (Wildman–Crippen MR) is 69.7 cm³/mol. The maximum absolute atomic E-state index is 12.0. The molecule has 0 radical (unpaired) electrons. The summed E-state index contributed by atoms with van der Waals surface area (Å²) in [7, 11) is 0. The third-order valence-corrected chi connectivity index (χ3v) is 4.38. The topological polar surface area (TPSA) is 75.6 Å². The summed E-state index contributed by atoms with van der Waals surface area (Å²) in [5.41, 5.74) is -0.812. The van der Waals surface area contributed by atoms with Crippen molar-refractivity contribution in [3.8, 4) is 0 Å². The van der Waals surface area contributed by atoms with Crippen molar-refractivity contribution in [2.45, 2.75) is 64.0 Å². The van der Waals surface area contributed by atoms with Gasteiger partial charge in [0.1, 0.15) is 0 Å². The molecule has 2 N–H and O–H groups in total. The monoisotopic (exact) mass is 269 g/mol. The molecule has 2 fully saturated rings. The fraction of sp³-hybridized carbons (Fsp3) is 0.857. The molecule has 5 heteroatoms. The van der Waals surface area contributed by atoms with Crippen molar-refractivity contribution in [1.82, 2.24) is 5.32 Å². The van der Waals surface area contributed by atoms with E-state index in [9.17, 15) is 14.7 Å². The Kier molecular flexibility index (Phi) is 4.45. The third kappa shape index (κ3) is 3.26. The Balaban J connectivity index is 1.77. The zero-order valence-electron chi connectivity index (χ0n) is 11.5. The number of nitrogens with one attached hydrogen (secondary N) is 1. The number of hydrogen-bond donors (Lipinski definition) is 2. The Morgan fingerprint density at radius 1 is 1.32 bits per heavy atom. The molecule has 0 atom stereocenters. The summed E-state index contributed by atoms with van der Waals surface area (Å²) in [4.78, 5) is 23.3. The first-order valence-electron chi connectivity index (χ1n) is 7.20. The van der Waals surface area contributed by atoms with Gasteiger partial charge in [0.15, 0.2) is 0 Å². The molecule has 2 aliphatic carbocycles. The summed E-state index contributed by atoms with van der Waals surface area (Å²) >= 11 is 0. The number of rotatable bonds is 6. The van der Waals surface area contributed by atoms with Crippen LogP contribution in [-0.4, -0.2) is 35.7 Å². The smallest absolute Gasteiger partial charge is 0.310 e. The number of hydrogen-bond acceptors (Lipinski definition) is 3. The van der Waals surface area contributed by atoms with E-state index >= 15 is 0 Å². The molecule has 5 nitrogen and oxygen atoms in total. The zero-order chi connectivity index (χ0) is 13.9. The van der Waals surface area contributed by atoms with Gasteiger partial charge in [0.2, 0.25) is 5.91 Å². The highest BCUT2D eigenvalue weighted by Crippen LogP contribution is 2.41. The molecule has 19 heavy (non-hydrogen) atoms. The van der Waals surface area contributed by atoms with Crippen LogP contribution in [0.3, 0.4) is 0 Å². The maximum atomic E-state index is 12.0. The molecule has 2 rings (SSSR count). The highest BCUT2D eigenvalue weighted by molar-refractivity contribution is 5.85. The van der Waals surface area contributed by atoms with E-state index in [0.717, 1.165) is 25.7 Å². The first kappa shape index (κ1) is 14.3. The van der Waals surface area contributed by atoms with Crippen LogP contribution in [-0.2, 0) is 14.3 Å². The van der Waals surface area contributed by atoms with Gasteiger partial charge in [-0.3, -0.25) is 9.59 Å². The number of carbonyl (C=O) groups excluding carboxylic acids is 1. The molecule has 0 saturated heterocycles. The summed E-state index contributed by atoms with van der Waals surface area (Å²) in [5, 5.41) is 12.3. The van der Waals surface area contributed by atoms with E-state index in [1.54, 1.807) is 0 Å². The normalized spacial score (nSPS) is 28.7. The summed E-state index contributed by atoms with van der Waals surface area (Å²) in [5.74, 6) is -0.940. The lowest BCUT2D eigenvalue weighted by atomic mass is 9.82. The lowest BCUT2D eigenvalue weighted by molar-refractivity contribution is -0.151. The molecule has 0 aromatic heterocycles. The van der Waals surface area contributed by atoms with Gasteiger partial charge in [-0.25, -0.2) is 0 Å². The number of carboxylic acids is 1. The third-order valence-electron chi connectivity index (χ3n) is 4.38. The number of aliphatic carboxylic acids is 1. The SMILES string of the molecule is CCOC1CC(NC(=O)CC2(C(=O)O)CCCC2)C1. The van der Waals surface area contributed by atoms with E-state index in [1.807, 2.05) is 6.92 Å². The molecule has 0 bridgehead atoms. The molecule has 0 aromatic carbocycles. The maximum Gasteiger partial charge on any atom is 0.310 e. The van der Waals surface area contributed by atoms with Crippen LogP contribution in [0.2, 0.25) is 0 Å². The molecular weight excluding hydrogens is 246 g/mol. The molecule has 108 valence electrons. The largest absolute Gasteiger partial charge is 0.481 e. The molecule has 0 aromatic rings. The van der Waals surface area contributed by atoms with E-state index < -0.39 is 11.4 Å². The fourth-order valence-electron chi connectivity index (χ4n) is 3.16. The highest BCUT2D eigenvalue weighted by atomic mass is 16.5. The van der Waals surface area contributed by atoms with E-state index in [-0.39, 0.29) is 24.5 Å². The first-order valence-corrected chi connectivity index (χ1v) is 7.20. The molecule has 2 aliphatic rings. The second kappa shape index (κ2) is 5.90. The van der Waals surface area contributed by atoms with Crippen molar-refractivity contribution >= 4 is 11.9 Å². The summed E-state index contributed by atoms with van der Waals surface area (Å²) in [6.45, 7) is 2.66. The fourth-order valence-corrected chi connectivity index (χ4v) is 3.16. The average Bonchev–Trinajstić information content (AvgIpc) is 2.76. The number of carboxylic acid groups (broad SMARTS) is 1. The van der Waals surface area contributed by atoms with Crippen LogP contribution in [0.25, 0.3) is 0 Å². The molecule has 0 aliphatic heterocycles. The summed E-state index contributed by atoms with van der Waals surface area (Å²) < 4.78 is 5.44. The van der Waals surface area contributed by atoms with Gasteiger partial charge in [0, 0.05) is 19.1 Å². The second-order valence-corrected chi connectivity index (χ2v) is 5.78. The Hall–Kier alpha value is -1.10. The van der Waals surface area contributed by atoms with Crippen molar-refractivity contribution in [3.05, 3.63) is 0 Å². The second-order valence-electron chi connectivity index (χ2n) is 5.78. The van der Waals surface area contributed by atoms with Crippen LogP contribution >= 0.6 is 0 Å². The van der Waals surface area contributed by atoms with E-state index in [1.165, 1.54) is 0 Å². The number of carbonyl (C=O) groups is 2. The van der Waals surface area contributed by atoms with Crippen molar-refractivity contribution in [2.24, 2.45) is 5.41 Å². The van der Waals surface area contributed by atoms with Gasteiger partial charge < -0.3 is 15.2 Å². The van der Waals surface area contributed by atoms with Gasteiger partial charge in [-0.1, -0.05) is 12.8 Å². The Morgan fingerprint density at radius 2 is 1.95 bits per heavy atom. The van der Waals surface area contributed by atoms with E-state index in [4.69, 9.17) is 4.74 Å². The van der Waals surface area contributed by atoms with E-state index in [2.05, 4.69) is 5.32 Å². The highest BCUT2D eigenvalue weighted by Gasteiger charge is 2.43. The quantitative estimate of drug-likeness (QED) is 0.769. The van der Waals surface area contributed by atoms with Gasteiger partial charge in [-0.15, -0.1) is 0 Å². The molecule has 0 spiro atoms. The van der Waals surface area contributed by atoms with Gasteiger partial charge in [-0.05, 0) is 32.6 Å². The van der Waals surface area contributed by atoms with Crippen LogP contribution < -0.4 is 5.32 Å². The minimum Gasteiger partial charge on any atom is -0.481 e. The van der Waals surface area contributed by atoms with E-state index in [0.29, 0.717) is 19.4 Å². The van der Waals surface area contributed by atoms with Crippen LogP contribution in [0.4, 0.5) is 0 Å². The lowest BCUT2D eigenvalue weighted by Crippen LogP contribution is -2.49. The van der Waals surface area contributed by atoms with Gasteiger partial charge in [0.25, 0.3) is 0 Å². The van der Waals surface area contributed by atoms with Crippen molar-refractivity contribution < 1.29 is 19.4 Å². The lowest BCUT2D eigenvalue weighted by Gasteiger charge is -2.36. The van der Waals surface area contributed by atoms with Crippen LogP contribution in [0.5, 0.6) is 0 Å². The van der Waals surface area contributed by atoms with Crippen LogP contribution in [0, 0.1) is 5.41 Å². The Bertz CT molecular complexity index is 343. The first-order chi connectivity index (χ1) is 9.05. The molecule has 2 saturated carbocycles. The van der Waals surface area contributed by atoms with Crippen molar-refractivity contribution in [3.63, 3.8) is 0 Å². The molecule has 1 amide bonds. The van der Waals surface area contributed by atoms with Gasteiger partial charge in [0.05, 0.1) is 11.5 Å². The Labute approximate surface area is 113 Å². The standard InChI is InChI=1S/C14H23NO4/c1-2-19-11-7-10(8-11)15-12(16)9-14(13(17)18)5-3-4-6-14/h10-11H,2-9H2,1H3,(H,15,16)(H,17,18). The molecule has 0 unspecified atom stereocenters. The number of ether oxygens (including phenoxy) is 1.